The number of primary sulfonamides is 1. The van der Waals surface area contributed by atoms with Crippen LogP contribution < -0.4 is 10.9 Å². The maximum atomic E-state index is 11.9. The number of carbonyl (C=O) groups excluding carboxylic acids is 1. The van der Waals surface area contributed by atoms with Crippen molar-refractivity contribution in [2.24, 2.45) is 5.14 Å². The summed E-state index contributed by atoms with van der Waals surface area (Å²) < 4.78 is 27.8. The van der Waals surface area contributed by atoms with E-state index in [-0.39, 0.29) is 5.76 Å². The molecule has 0 aliphatic rings. The molecule has 0 amide bonds. The summed E-state index contributed by atoms with van der Waals surface area (Å²) >= 11 is 0. The van der Waals surface area contributed by atoms with Gasteiger partial charge in [0.15, 0.2) is 5.76 Å². The van der Waals surface area contributed by atoms with Crippen LogP contribution in [0.1, 0.15) is 16.2 Å². The minimum absolute atomic E-state index is 0.193. The molecule has 0 saturated heterocycles. The number of furan rings is 1. The molecule has 0 saturated carbocycles. The maximum Gasteiger partial charge on any atom is 0.313 e. The van der Waals surface area contributed by atoms with Gasteiger partial charge in [0.1, 0.15) is 0 Å². The van der Waals surface area contributed by atoms with Crippen LogP contribution in [0.3, 0.4) is 0 Å². The number of hydrogen-bond acceptors (Lipinski definition) is 6. The van der Waals surface area contributed by atoms with E-state index < -0.39 is 21.0 Å². The van der Waals surface area contributed by atoms with Crippen molar-refractivity contribution in [3.8, 4) is 0 Å². The fourth-order valence-electron chi connectivity index (χ4n) is 1.28. The van der Waals surface area contributed by atoms with Crippen molar-refractivity contribution in [1.82, 2.24) is 9.78 Å². The van der Waals surface area contributed by atoms with Gasteiger partial charge in [0, 0.05) is 0 Å². The molecule has 8 nitrogen and oxygen atoms in total. The van der Waals surface area contributed by atoms with E-state index in [4.69, 9.17) is 15.3 Å². The van der Waals surface area contributed by atoms with E-state index in [1.165, 1.54) is 12.3 Å². The van der Waals surface area contributed by atoms with Crippen molar-refractivity contribution < 1.29 is 17.6 Å². The Kier molecular flexibility index (Phi) is 2.71. The standard InChI is InChI=1S/C9H10N4O4S/c1-5-6(10)4-13(12-5)9(14)7-2-3-8(17-7)18(11,15)16/h2-4H,10H2,1H3,(H2,11,15,16). The fraction of sp³-hybridized carbons (Fsp3) is 0.111. The van der Waals surface area contributed by atoms with Crippen LogP contribution in [0.4, 0.5) is 5.69 Å². The van der Waals surface area contributed by atoms with Crippen LogP contribution in [0.5, 0.6) is 0 Å². The van der Waals surface area contributed by atoms with E-state index in [0.717, 1.165) is 10.7 Å². The Morgan fingerprint density at radius 2 is 2.11 bits per heavy atom. The maximum absolute atomic E-state index is 11.9. The van der Waals surface area contributed by atoms with Gasteiger partial charge in [-0.15, -0.1) is 0 Å². The summed E-state index contributed by atoms with van der Waals surface area (Å²) in [6.07, 6.45) is 1.32. The monoisotopic (exact) mass is 270 g/mol. The van der Waals surface area contributed by atoms with Crippen LogP contribution in [-0.2, 0) is 10.0 Å². The van der Waals surface area contributed by atoms with Gasteiger partial charge in [-0.25, -0.2) is 13.6 Å². The summed E-state index contributed by atoms with van der Waals surface area (Å²) in [6.45, 7) is 1.64. The quantitative estimate of drug-likeness (QED) is 0.769. The highest BCUT2D eigenvalue weighted by Crippen LogP contribution is 2.15. The third kappa shape index (κ3) is 2.13. The predicted octanol–water partition coefficient (Wildman–Crippen LogP) is -0.297. The fourth-order valence-corrected chi connectivity index (χ4v) is 1.74. The molecule has 96 valence electrons. The Hall–Kier alpha value is -2.13. The van der Waals surface area contributed by atoms with E-state index in [2.05, 4.69) is 5.10 Å². The zero-order chi connectivity index (χ0) is 13.5. The van der Waals surface area contributed by atoms with Crippen molar-refractivity contribution in [2.45, 2.75) is 12.0 Å². The van der Waals surface area contributed by atoms with E-state index in [0.29, 0.717) is 11.4 Å². The van der Waals surface area contributed by atoms with Gasteiger partial charge in [0.2, 0.25) is 5.09 Å². The lowest BCUT2D eigenvalue weighted by Crippen LogP contribution is -2.13. The summed E-state index contributed by atoms with van der Waals surface area (Å²) in [5, 5.41) is 8.24. The van der Waals surface area contributed by atoms with Gasteiger partial charge in [0.25, 0.3) is 10.0 Å². The van der Waals surface area contributed by atoms with Crippen LogP contribution in [0.25, 0.3) is 0 Å². The number of anilines is 1. The first kappa shape index (κ1) is 12.3. The molecular weight excluding hydrogens is 260 g/mol. The van der Waals surface area contributed by atoms with Crippen LogP contribution >= 0.6 is 0 Å². The largest absolute Gasteiger partial charge is 0.438 e. The van der Waals surface area contributed by atoms with Crippen LogP contribution in [0.2, 0.25) is 0 Å². The number of nitrogens with two attached hydrogens (primary N) is 2. The molecule has 0 fully saturated rings. The molecule has 0 aliphatic carbocycles. The summed E-state index contributed by atoms with van der Waals surface area (Å²) in [5.41, 5.74) is 6.39. The number of nitrogen functional groups attached to an aromatic ring is 1. The van der Waals surface area contributed by atoms with Crippen LogP contribution in [0, 0.1) is 6.92 Å². The Bertz CT molecular complexity index is 693. The molecule has 18 heavy (non-hydrogen) atoms. The van der Waals surface area contributed by atoms with E-state index >= 15 is 0 Å². The third-order valence-electron chi connectivity index (χ3n) is 2.22. The van der Waals surface area contributed by atoms with Crippen molar-refractivity contribution in [1.29, 1.82) is 0 Å². The highest BCUT2D eigenvalue weighted by atomic mass is 32.2. The van der Waals surface area contributed by atoms with Gasteiger partial charge >= 0.3 is 5.91 Å². The second-order valence-electron chi connectivity index (χ2n) is 3.58. The van der Waals surface area contributed by atoms with Crippen molar-refractivity contribution in [2.75, 3.05) is 5.73 Å². The number of aryl methyl sites for hydroxylation is 1. The summed E-state index contributed by atoms with van der Waals surface area (Å²) in [4.78, 5) is 11.9. The Labute approximate surface area is 102 Å². The number of nitrogens with zero attached hydrogens (tertiary/aromatic N) is 2. The minimum atomic E-state index is -3.97. The highest BCUT2D eigenvalue weighted by molar-refractivity contribution is 7.89. The zero-order valence-corrected chi connectivity index (χ0v) is 10.1. The van der Waals surface area contributed by atoms with E-state index in [1.54, 1.807) is 6.92 Å². The number of carbonyl (C=O) groups is 1. The number of hydrogen-bond donors (Lipinski definition) is 2. The summed E-state index contributed by atoms with van der Waals surface area (Å²) in [5.74, 6) is -0.828. The SMILES string of the molecule is Cc1nn(C(=O)c2ccc(S(N)(=O)=O)o2)cc1N. The van der Waals surface area contributed by atoms with Crippen LogP contribution in [-0.4, -0.2) is 24.1 Å². The molecule has 0 unspecified atom stereocenters. The lowest BCUT2D eigenvalue weighted by molar-refractivity contribution is 0.0911. The van der Waals surface area contributed by atoms with Crippen molar-refractivity contribution in [3.63, 3.8) is 0 Å². The molecule has 0 spiro atoms. The number of sulfonamides is 1. The average molecular weight is 270 g/mol. The molecule has 2 aromatic rings. The van der Waals surface area contributed by atoms with E-state index in [9.17, 15) is 13.2 Å². The molecule has 9 heteroatoms. The molecule has 4 N–H and O–H groups in total. The average Bonchev–Trinajstić information content (AvgIpc) is 2.85. The molecule has 0 aromatic carbocycles. The first-order valence-electron chi connectivity index (χ1n) is 4.78. The first-order valence-corrected chi connectivity index (χ1v) is 6.33. The molecule has 2 heterocycles. The van der Waals surface area contributed by atoms with Crippen molar-refractivity contribution >= 4 is 21.6 Å². The lowest BCUT2D eigenvalue weighted by Gasteiger charge is -1.95. The number of rotatable bonds is 2. The Balaban J connectivity index is 2.38. The van der Waals surface area contributed by atoms with Crippen molar-refractivity contribution in [3.05, 3.63) is 29.8 Å². The molecule has 0 bridgehead atoms. The number of aromatic nitrogens is 2. The summed E-state index contributed by atoms with van der Waals surface area (Å²) in [7, 11) is -3.97. The third-order valence-corrected chi connectivity index (χ3v) is 3.00. The van der Waals surface area contributed by atoms with Gasteiger partial charge in [-0.2, -0.15) is 9.78 Å². The minimum Gasteiger partial charge on any atom is -0.438 e. The Morgan fingerprint density at radius 3 is 2.56 bits per heavy atom. The molecular formula is C9H10N4O4S. The predicted molar refractivity (Wildman–Crippen MR) is 61.2 cm³/mol. The first-order chi connectivity index (χ1) is 8.29. The van der Waals surface area contributed by atoms with Crippen LogP contribution in [0.15, 0.2) is 27.8 Å². The van der Waals surface area contributed by atoms with Gasteiger partial charge in [-0.1, -0.05) is 0 Å². The lowest BCUT2D eigenvalue weighted by atomic mass is 10.4. The Morgan fingerprint density at radius 1 is 1.44 bits per heavy atom. The smallest absolute Gasteiger partial charge is 0.313 e. The summed E-state index contributed by atoms with van der Waals surface area (Å²) in [6, 6.07) is 2.30. The molecule has 0 atom stereocenters. The van der Waals surface area contributed by atoms with Gasteiger partial charge in [0.05, 0.1) is 17.6 Å². The van der Waals surface area contributed by atoms with Gasteiger partial charge in [-0.3, -0.25) is 4.79 Å². The normalized spacial score (nSPS) is 11.7. The topological polar surface area (TPSA) is 134 Å². The molecule has 0 aliphatic heterocycles. The molecule has 2 rings (SSSR count). The molecule has 2 aromatic heterocycles. The van der Waals surface area contributed by atoms with Gasteiger partial charge < -0.3 is 10.2 Å². The zero-order valence-electron chi connectivity index (χ0n) is 9.32. The highest BCUT2D eigenvalue weighted by Gasteiger charge is 2.19. The molecule has 0 radical (unpaired) electrons. The second kappa shape index (κ2) is 3.96. The van der Waals surface area contributed by atoms with Gasteiger partial charge in [-0.05, 0) is 19.1 Å². The second-order valence-corrected chi connectivity index (χ2v) is 5.08. The van der Waals surface area contributed by atoms with E-state index in [1.807, 2.05) is 0 Å².